The number of nitrogens with one attached hydrogen (secondary N) is 1. The zero-order chi connectivity index (χ0) is 18.0. The van der Waals surface area contributed by atoms with Crippen LogP contribution in [0.1, 0.15) is 37.8 Å². The molecule has 0 saturated heterocycles. The summed E-state index contributed by atoms with van der Waals surface area (Å²) in [5, 5.41) is 20.1. The molecule has 1 amide bonds. The Morgan fingerprint density at radius 1 is 1.20 bits per heavy atom. The van der Waals surface area contributed by atoms with Crippen LogP contribution in [0.15, 0.2) is 40.3 Å². The third-order valence-corrected chi connectivity index (χ3v) is 3.67. The van der Waals surface area contributed by atoms with Gasteiger partial charge >= 0.3 is 0 Å². The van der Waals surface area contributed by atoms with E-state index in [1.165, 1.54) is 6.07 Å². The summed E-state index contributed by atoms with van der Waals surface area (Å²) in [5.74, 6) is -1.52. The molecule has 0 spiro atoms. The number of carbonyl (C=O) groups is 3. The molecular formula is C18H12N2O5. The number of aliphatic hydroxyl groups is 1. The summed E-state index contributed by atoms with van der Waals surface area (Å²) in [6.45, 7) is -0.264. The number of nitriles is 1. The second kappa shape index (κ2) is 6.55. The summed E-state index contributed by atoms with van der Waals surface area (Å²) in [7, 11) is 0. The van der Waals surface area contributed by atoms with Crippen LogP contribution in [-0.2, 0) is 4.79 Å². The fourth-order valence-corrected chi connectivity index (χ4v) is 2.52. The molecule has 1 aliphatic carbocycles. The van der Waals surface area contributed by atoms with Crippen molar-refractivity contribution in [2.24, 2.45) is 0 Å². The third-order valence-electron chi connectivity index (χ3n) is 3.67. The summed E-state index contributed by atoms with van der Waals surface area (Å²) in [5.41, 5.74) is 0.378. The van der Waals surface area contributed by atoms with Gasteiger partial charge in [0.1, 0.15) is 17.4 Å². The van der Waals surface area contributed by atoms with Gasteiger partial charge in [0, 0.05) is 23.7 Å². The number of hydrogen-bond acceptors (Lipinski definition) is 6. The van der Waals surface area contributed by atoms with Crippen molar-refractivity contribution in [3.8, 4) is 6.07 Å². The fourth-order valence-electron chi connectivity index (χ4n) is 2.52. The molecule has 1 heterocycles. The minimum Gasteiger partial charge on any atom is -0.452 e. The maximum absolute atomic E-state index is 12.5. The maximum Gasteiger partial charge on any atom is 0.262 e. The molecule has 0 unspecified atom stereocenters. The van der Waals surface area contributed by atoms with Gasteiger partial charge in [0.2, 0.25) is 5.78 Å². The summed E-state index contributed by atoms with van der Waals surface area (Å²) in [4.78, 5) is 36.8. The summed E-state index contributed by atoms with van der Waals surface area (Å²) >= 11 is 0. The smallest absolute Gasteiger partial charge is 0.262 e. The first-order valence-electron chi connectivity index (χ1n) is 7.40. The Bertz CT molecular complexity index is 910. The Hall–Kier alpha value is -3.50. The molecule has 124 valence electrons. The number of hydrogen-bond donors (Lipinski definition) is 2. The minimum atomic E-state index is -0.688. The number of furan rings is 1. The van der Waals surface area contributed by atoms with E-state index in [9.17, 15) is 14.4 Å². The molecule has 0 fully saturated rings. The lowest BCUT2D eigenvalue weighted by Gasteiger charge is -2.11. The van der Waals surface area contributed by atoms with Gasteiger partial charge < -0.3 is 14.8 Å². The molecule has 2 N–H and O–H groups in total. The lowest BCUT2D eigenvalue weighted by molar-refractivity contribution is -0.117. The molecule has 25 heavy (non-hydrogen) atoms. The highest BCUT2D eigenvalue weighted by molar-refractivity contribution is 6.27. The standard InChI is InChI=1S/C18H12N2O5/c19-9-10(18(24)20-5-6-21)7-11-8-14-15(22)12-3-1-2-4-13(12)16(23)17(14)25-11/h1-4,7-8,21H,5-6H2,(H,20,24)/b10-7+. The number of rotatable bonds is 4. The zero-order valence-corrected chi connectivity index (χ0v) is 12.9. The molecule has 1 aromatic heterocycles. The first kappa shape index (κ1) is 16.4. The van der Waals surface area contributed by atoms with Crippen LogP contribution in [0.4, 0.5) is 0 Å². The highest BCUT2D eigenvalue weighted by atomic mass is 16.3. The number of fused-ring (bicyclic) bond motifs is 2. The molecule has 1 aromatic carbocycles. The van der Waals surface area contributed by atoms with Gasteiger partial charge in [0.15, 0.2) is 11.5 Å². The summed E-state index contributed by atoms with van der Waals surface area (Å²) in [6.07, 6.45) is 1.15. The van der Waals surface area contributed by atoms with Crippen molar-refractivity contribution in [1.29, 1.82) is 5.26 Å². The van der Waals surface area contributed by atoms with Crippen molar-refractivity contribution in [1.82, 2.24) is 5.32 Å². The second-order valence-corrected chi connectivity index (χ2v) is 5.24. The van der Waals surface area contributed by atoms with E-state index in [4.69, 9.17) is 14.8 Å². The predicted molar refractivity (Wildman–Crippen MR) is 85.7 cm³/mol. The second-order valence-electron chi connectivity index (χ2n) is 5.24. The quantitative estimate of drug-likeness (QED) is 0.543. The van der Waals surface area contributed by atoms with Crippen molar-refractivity contribution in [3.63, 3.8) is 0 Å². The molecular weight excluding hydrogens is 324 g/mol. The molecule has 1 aliphatic rings. The van der Waals surface area contributed by atoms with E-state index in [-0.39, 0.29) is 52.7 Å². The Labute approximate surface area is 142 Å². The van der Waals surface area contributed by atoms with Crippen molar-refractivity contribution >= 4 is 23.5 Å². The van der Waals surface area contributed by atoms with Crippen LogP contribution < -0.4 is 5.32 Å². The van der Waals surface area contributed by atoms with Crippen LogP contribution >= 0.6 is 0 Å². The van der Waals surface area contributed by atoms with Crippen molar-refractivity contribution < 1.29 is 23.9 Å². The highest BCUT2D eigenvalue weighted by Crippen LogP contribution is 2.30. The maximum atomic E-state index is 12.5. The molecule has 0 aliphatic heterocycles. The number of amides is 1. The average Bonchev–Trinajstić information content (AvgIpc) is 3.06. The van der Waals surface area contributed by atoms with Crippen molar-refractivity contribution in [2.75, 3.05) is 13.2 Å². The van der Waals surface area contributed by atoms with Crippen LogP contribution in [0.3, 0.4) is 0 Å². The van der Waals surface area contributed by atoms with E-state index < -0.39 is 11.7 Å². The van der Waals surface area contributed by atoms with Gasteiger partial charge in [-0.1, -0.05) is 24.3 Å². The SMILES string of the molecule is N#C/C(=C\c1cc2c(o1)C(=O)c1ccccc1C2=O)C(=O)NCCO. The topological polar surface area (TPSA) is 120 Å². The van der Waals surface area contributed by atoms with Crippen LogP contribution in [0.25, 0.3) is 6.08 Å². The van der Waals surface area contributed by atoms with Gasteiger partial charge in [-0.05, 0) is 6.07 Å². The monoisotopic (exact) mass is 336 g/mol. The number of benzene rings is 1. The van der Waals surface area contributed by atoms with E-state index in [1.807, 2.05) is 0 Å². The van der Waals surface area contributed by atoms with E-state index in [1.54, 1.807) is 30.3 Å². The Morgan fingerprint density at radius 2 is 1.88 bits per heavy atom. The minimum absolute atomic E-state index is 0.00120. The van der Waals surface area contributed by atoms with E-state index >= 15 is 0 Å². The first-order valence-corrected chi connectivity index (χ1v) is 7.40. The van der Waals surface area contributed by atoms with Gasteiger partial charge in [-0.15, -0.1) is 0 Å². The van der Waals surface area contributed by atoms with Gasteiger partial charge in [0.05, 0.1) is 12.2 Å². The van der Waals surface area contributed by atoms with Gasteiger partial charge in [-0.3, -0.25) is 14.4 Å². The van der Waals surface area contributed by atoms with Crippen molar-refractivity contribution in [3.05, 3.63) is 64.1 Å². The number of nitrogens with zero attached hydrogens (tertiary/aromatic N) is 1. The number of aliphatic hydroxyl groups excluding tert-OH is 1. The molecule has 7 nitrogen and oxygen atoms in total. The third kappa shape index (κ3) is 2.86. The molecule has 3 rings (SSSR count). The van der Waals surface area contributed by atoms with Crippen LogP contribution in [0.5, 0.6) is 0 Å². The van der Waals surface area contributed by atoms with Gasteiger partial charge in [0.25, 0.3) is 5.91 Å². The molecule has 0 radical (unpaired) electrons. The summed E-state index contributed by atoms with van der Waals surface area (Å²) < 4.78 is 5.41. The van der Waals surface area contributed by atoms with Crippen molar-refractivity contribution in [2.45, 2.75) is 0 Å². The van der Waals surface area contributed by atoms with Gasteiger partial charge in [-0.2, -0.15) is 5.26 Å². The van der Waals surface area contributed by atoms with E-state index in [0.717, 1.165) is 6.08 Å². The normalized spacial score (nSPS) is 13.0. The lowest BCUT2D eigenvalue weighted by atomic mass is 9.88. The molecule has 0 atom stereocenters. The predicted octanol–water partition coefficient (Wildman–Crippen LogP) is 1.07. The Morgan fingerprint density at radius 3 is 2.52 bits per heavy atom. The largest absolute Gasteiger partial charge is 0.452 e. The molecule has 7 heteroatoms. The average molecular weight is 336 g/mol. The van der Waals surface area contributed by atoms with Crippen LogP contribution in [0.2, 0.25) is 0 Å². The van der Waals surface area contributed by atoms with E-state index in [2.05, 4.69) is 5.32 Å². The zero-order valence-electron chi connectivity index (χ0n) is 12.9. The number of ketones is 2. The summed E-state index contributed by atoms with van der Waals surface area (Å²) in [6, 6.07) is 9.47. The van der Waals surface area contributed by atoms with Crippen LogP contribution in [-0.4, -0.2) is 35.7 Å². The lowest BCUT2D eigenvalue weighted by Crippen LogP contribution is -2.27. The molecule has 0 saturated carbocycles. The Balaban J connectivity index is 1.99. The van der Waals surface area contributed by atoms with Crippen LogP contribution in [0, 0.1) is 11.3 Å². The molecule has 2 aromatic rings. The van der Waals surface area contributed by atoms with E-state index in [0.29, 0.717) is 0 Å². The Kier molecular flexibility index (Phi) is 4.29. The number of carbonyl (C=O) groups excluding carboxylic acids is 3. The first-order chi connectivity index (χ1) is 12.1. The highest BCUT2D eigenvalue weighted by Gasteiger charge is 2.33. The van der Waals surface area contributed by atoms with Gasteiger partial charge in [-0.25, -0.2) is 0 Å². The molecule has 0 bridgehead atoms. The fraction of sp³-hybridized carbons (Fsp3) is 0.111.